The standard InChI is InChI=1S/C16H21N3O4S/c1-4-19(5-2)24(22,23)14-6-7-16(21)18(11-14)12-15(20)13-8-9-17(3)10-13/h6-11H,4-5,12H2,1-3H3. The van der Waals surface area contributed by atoms with Crippen molar-refractivity contribution in [2.24, 2.45) is 7.05 Å². The SMILES string of the molecule is CCN(CC)S(=O)(=O)c1ccc(=O)n(CC(=O)c2ccn(C)c2)c1. The Morgan fingerprint density at radius 1 is 1.12 bits per heavy atom. The number of hydrogen-bond acceptors (Lipinski definition) is 4. The molecule has 0 amide bonds. The third kappa shape index (κ3) is 3.65. The molecule has 24 heavy (non-hydrogen) atoms. The monoisotopic (exact) mass is 351 g/mol. The van der Waals surface area contributed by atoms with Gasteiger partial charge in [-0.15, -0.1) is 0 Å². The van der Waals surface area contributed by atoms with Gasteiger partial charge in [0, 0.05) is 50.4 Å². The Morgan fingerprint density at radius 3 is 2.33 bits per heavy atom. The van der Waals surface area contributed by atoms with Crippen molar-refractivity contribution in [3.63, 3.8) is 0 Å². The van der Waals surface area contributed by atoms with Crippen LogP contribution in [-0.4, -0.2) is 40.7 Å². The van der Waals surface area contributed by atoms with E-state index in [1.165, 1.54) is 22.6 Å². The molecule has 7 nitrogen and oxygen atoms in total. The van der Waals surface area contributed by atoms with Gasteiger partial charge >= 0.3 is 0 Å². The number of hydrogen-bond donors (Lipinski definition) is 0. The highest BCUT2D eigenvalue weighted by Crippen LogP contribution is 2.14. The van der Waals surface area contributed by atoms with Crippen LogP contribution in [0.15, 0.2) is 46.5 Å². The maximum absolute atomic E-state index is 12.5. The average Bonchev–Trinajstić information content (AvgIpc) is 2.97. The van der Waals surface area contributed by atoms with Crippen LogP contribution < -0.4 is 5.56 Å². The van der Waals surface area contributed by atoms with Gasteiger partial charge in [-0.3, -0.25) is 9.59 Å². The smallest absolute Gasteiger partial charge is 0.251 e. The molecule has 2 aromatic heterocycles. The van der Waals surface area contributed by atoms with Gasteiger partial charge in [0.05, 0.1) is 11.4 Å². The quantitative estimate of drug-likeness (QED) is 0.700. The van der Waals surface area contributed by atoms with E-state index in [1.807, 2.05) is 0 Å². The normalized spacial score (nSPS) is 11.8. The Kier molecular flexibility index (Phi) is 5.40. The van der Waals surface area contributed by atoms with Crippen molar-refractivity contribution in [1.29, 1.82) is 0 Å². The van der Waals surface area contributed by atoms with E-state index in [-0.39, 0.29) is 17.2 Å². The highest BCUT2D eigenvalue weighted by Gasteiger charge is 2.22. The summed E-state index contributed by atoms with van der Waals surface area (Å²) in [6.07, 6.45) is 4.62. The van der Waals surface area contributed by atoms with Crippen LogP contribution in [0.3, 0.4) is 0 Å². The molecule has 2 rings (SSSR count). The van der Waals surface area contributed by atoms with E-state index >= 15 is 0 Å². The lowest BCUT2D eigenvalue weighted by molar-refractivity contribution is 0.0970. The van der Waals surface area contributed by atoms with Gasteiger partial charge in [-0.05, 0) is 12.1 Å². The lowest BCUT2D eigenvalue weighted by Crippen LogP contribution is -2.32. The van der Waals surface area contributed by atoms with E-state index in [2.05, 4.69) is 0 Å². The summed E-state index contributed by atoms with van der Waals surface area (Å²) in [6, 6.07) is 4.11. The average molecular weight is 351 g/mol. The van der Waals surface area contributed by atoms with Crippen LogP contribution in [-0.2, 0) is 23.6 Å². The van der Waals surface area contributed by atoms with Crippen molar-refractivity contribution in [3.8, 4) is 0 Å². The van der Waals surface area contributed by atoms with Crippen LogP contribution in [0.1, 0.15) is 24.2 Å². The van der Waals surface area contributed by atoms with Crippen molar-refractivity contribution in [2.45, 2.75) is 25.3 Å². The lowest BCUT2D eigenvalue weighted by Gasteiger charge is -2.18. The summed E-state index contributed by atoms with van der Waals surface area (Å²) in [5, 5.41) is 0. The molecular formula is C16H21N3O4S. The number of aromatic nitrogens is 2. The van der Waals surface area contributed by atoms with Crippen LogP contribution in [0.25, 0.3) is 0 Å². The summed E-state index contributed by atoms with van der Waals surface area (Å²) in [6.45, 7) is 3.96. The van der Waals surface area contributed by atoms with E-state index in [1.54, 1.807) is 43.9 Å². The van der Waals surface area contributed by atoms with Gasteiger partial charge in [-0.25, -0.2) is 8.42 Å². The van der Waals surface area contributed by atoms with Crippen molar-refractivity contribution in [2.75, 3.05) is 13.1 Å². The van der Waals surface area contributed by atoms with Crippen LogP contribution >= 0.6 is 0 Å². The minimum absolute atomic E-state index is 0.00617. The summed E-state index contributed by atoms with van der Waals surface area (Å²) in [7, 11) is -1.89. The Hall–Kier alpha value is -2.19. The first-order chi connectivity index (χ1) is 11.3. The number of sulfonamides is 1. The first-order valence-corrected chi connectivity index (χ1v) is 9.09. The largest absolute Gasteiger partial charge is 0.357 e. The maximum Gasteiger partial charge on any atom is 0.251 e. The third-order valence-electron chi connectivity index (χ3n) is 3.77. The number of rotatable bonds is 7. The fourth-order valence-corrected chi connectivity index (χ4v) is 3.89. The van der Waals surface area contributed by atoms with E-state index < -0.39 is 15.6 Å². The fraction of sp³-hybridized carbons (Fsp3) is 0.375. The van der Waals surface area contributed by atoms with Crippen molar-refractivity contribution in [3.05, 3.63) is 52.7 Å². The number of carbonyl (C=O) groups is 1. The maximum atomic E-state index is 12.5. The number of pyridine rings is 1. The predicted molar refractivity (Wildman–Crippen MR) is 90.6 cm³/mol. The van der Waals surface area contributed by atoms with E-state index in [0.29, 0.717) is 18.7 Å². The molecule has 0 bridgehead atoms. The zero-order valence-corrected chi connectivity index (χ0v) is 14.8. The molecule has 0 radical (unpaired) electrons. The third-order valence-corrected chi connectivity index (χ3v) is 5.80. The topological polar surface area (TPSA) is 81.4 Å². The zero-order chi connectivity index (χ0) is 17.9. The number of aryl methyl sites for hydroxylation is 1. The minimum atomic E-state index is -3.68. The molecule has 0 atom stereocenters. The summed E-state index contributed by atoms with van der Waals surface area (Å²) in [5.74, 6) is -0.255. The summed E-state index contributed by atoms with van der Waals surface area (Å²) in [5.41, 5.74) is 0.0548. The Bertz CT molecular complexity index is 892. The predicted octanol–water partition coefficient (Wildman–Crippen LogP) is 1.10. The molecule has 0 aliphatic carbocycles. The molecule has 2 aromatic rings. The molecule has 0 aromatic carbocycles. The van der Waals surface area contributed by atoms with Gasteiger partial charge in [0.25, 0.3) is 5.56 Å². The van der Waals surface area contributed by atoms with Crippen LogP contribution in [0.2, 0.25) is 0 Å². The molecular weight excluding hydrogens is 330 g/mol. The number of carbonyl (C=O) groups excluding carboxylic acids is 1. The van der Waals surface area contributed by atoms with Crippen LogP contribution in [0.4, 0.5) is 0 Å². The first-order valence-electron chi connectivity index (χ1n) is 7.65. The van der Waals surface area contributed by atoms with Gasteiger partial charge < -0.3 is 9.13 Å². The number of nitrogens with zero attached hydrogens (tertiary/aromatic N) is 3. The van der Waals surface area contributed by atoms with Gasteiger partial charge in [0.1, 0.15) is 0 Å². The molecule has 0 aliphatic rings. The highest BCUT2D eigenvalue weighted by molar-refractivity contribution is 7.89. The molecule has 0 spiro atoms. The zero-order valence-electron chi connectivity index (χ0n) is 14.0. The molecule has 0 aliphatic heterocycles. The Morgan fingerprint density at radius 2 is 1.79 bits per heavy atom. The van der Waals surface area contributed by atoms with E-state index in [4.69, 9.17) is 0 Å². The Balaban J connectivity index is 2.36. The molecule has 0 unspecified atom stereocenters. The van der Waals surface area contributed by atoms with E-state index in [0.717, 1.165) is 4.57 Å². The lowest BCUT2D eigenvalue weighted by atomic mass is 10.2. The number of Topliss-reactive ketones (excluding diaryl/α,β-unsaturated/α-hetero) is 1. The van der Waals surface area contributed by atoms with E-state index in [9.17, 15) is 18.0 Å². The van der Waals surface area contributed by atoms with Gasteiger partial charge in [0.15, 0.2) is 5.78 Å². The van der Waals surface area contributed by atoms with Gasteiger partial charge in [-0.2, -0.15) is 4.31 Å². The fourth-order valence-electron chi connectivity index (χ4n) is 2.41. The summed E-state index contributed by atoms with van der Waals surface area (Å²) < 4.78 is 29.2. The first kappa shape index (κ1) is 18.2. The molecule has 0 fully saturated rings. The highest BCUT2D eigenvalue weighted by atomic mass is 32.2. The molecule has 0 saturated heterocycles. The van der Waals surface area contributed by atoms with Gasteiger partial charge in [0.2, 0.25) is 10.0 Å². The van der Waals surface area contributed by atoms with Crippen molar-refractivity contribution < 1.29 is 13.2 Å². The molecule has 0 N–H and O–H groups in total. The second-order valence-corrected chi connectivity index (χ2v) is 7.35. The summed E-state index contributed by atoms with van der Waals surface area (Å²) >= 11 is 0. The molecule has 0 saturated carbocycles. The van der Waals surface area contributed by atoms with Crippen LogP contribution in [0.5, 0.6) is 0 Å². The molecule has 130 valence electrons. The molecule has 8 heteroatoms. The van der Waals surface area contributed by atoms with Crippen LogP contribution in [0, 0.1) is 0 Å². The number of ketones is 1. The second kappa shape index (κ2) is 7.14. The second-order valence-electron chi connectivity index (χ2n) is 5.41. The molecule has 2 heterocycles. The Labute approximate surface area is 141 Å². The minimum Gasteiger partial charge on any atom is -0.357 e. The van der Waals surface area contributed by atoms with Gasteiger partial charge in [-0.1, -0.05) is 13.8 Å². The summed E-state index contributed by atoms with van der Waals surface area (Å²) in [4.78, 5) is 24.2. The van der Waals surface area contributed by atoms with Crippen molar-refractivity contribution >= 4 is 15.8 Å². The van der Waals surface area contributed by atoms with Crippen molar-refractivity contribution in [1.82, 2.24) is 13.4 Å².